The lowest BCUT2D eigenvalue weighted by Gasteiger charge is -2.12. The number of hydrogen-bond donors (Lipinski definition) is 8. The summed E-state index contributed by atoms with van der Waals surface area (Å²) >= 11 is 0. The van der Waals surface area contributed by atoms with Gasteiger partial charge in [0, 0.05) is 27.5 Å². The van der Waals surface area contributed by atoms with Gasteiger partial charge in [-0.3, -0.25) is 4.57 Å². The van der Waals surface area contributed by atoms with E-state index in [1.54, 1.807) is 24.3 Å². The summed E-state index contributed by atoms with van der Waals surface area (Å²) < 4.78 is 7.64. The van der Waals surface area contributed by atoms with E-state index in [2.05, 4.69) is 0 Å². The highest BCUT2D eigenvalue weighted by molar-refractivity contribution is 6.22. The molecule has 10 rings (SSSR count). The molecule has 0 aliphatic rings. The van der Waals surface area contributed by atoms with Crippen molar-refractivity contribution < 1.29 is 45.3 Å². The van der Waals surface area contributed by atoms with Gasteiger partial charge in [0.15, 0.2) is 46.1 Å². The van der Waals surface area contributed by atoms with Gasteiger partial charge in [-0.25, -0.2) is 15.0 Å². The van der Waals surface area contributed by atoms with E-state index in [-0.39, 0.29) is 11.3 Å². The van der Waals surface area contributed by atoms with Gasteiger partial charge in [-0.15, -0.1) is 0 Å². The number of para-hydroxylation sites is 1. The second kappa shape index (κ2) is 12.5. The first kappa shape index (κ1) is 34.1. The Morgan fingerprint density at radius 3 is 1.47 bits per heavy atom. The largest absolute Gasteiger partial charge is 0.504 e. The fourth-order valence-electron chi connectivity index (χ4n) is 7.55. The summed E-state index contributed by atoms with van der Waals surface area (Å²) in [5.41, 5.74) is 4.10. The molecule has 13 heteroatoms. The van der Waals surface area contributed by atoms with E-state index < -0.39 is 67.8 Å². The minimum Gasteiger partial charge on any atom is -0.504 e. The number of benzene rings is 7. The lowest BCUT2D eigenvalue weighted by atomic mass is 10.0. The Kier molecular flexibility index (Phi) is 7.37. The number of fused-ring (bicyclic) bond motifs is 6. The second-order valence-electron chi connectivity index (χ2n) is 13.7. The van der Waals surface area contributed by atoms with Crippen LogP contribution < -0.4 is 0 Å². The number of phenols is 8. The molecule has 0 unspecified atom stereocenters. The fraction of sp³-hybridized carbons (Fsp3) is 0. The van der Waals surface area contributed by atoms with Gasteiger partial charge in [-0.1, -0.05) is 97.1 Å². The van der Waals surface area contributed by atoms with Crippen LogP contribution in [0.25, 0.3) is 94.7 Å². The maximum absolute atomic E-state index is 11.2. The first-order valence-electron chi connectivity index (χ1n) is 17.8. The molecule has 0 spiro atoms. The summed E-state index contributed by atoms with van der Waals surface area (Å²) in [6, 6.07) is 37.9. The maximum atomic E-state index is 11.2. The van der Waals surface area contributed by atoms with E-state index in [9.17, 15) is 40.9 Å². The van der Waals surface area contributed by atoms with Gasteiger partial charge in [0.25, 0.3) is 0 Å². The maximum Gasteiger partial charge on any atom is 0.206 e. The molecule has 0 aliphatic carbocycles. The lowest BCUT2D eigenvalue weighted by Crippen LogP contribution is -2.00. The monoisotopic (exact) mass is 768 g/mol. The molecule has 13 nitrogen and oxygen atoms in total. The van der Waals surface area contributed by atoms with Crippen molar-refractivity contribution in [3.8, 4) is 97.0 Å². The average molecular weight is 769 g/mol. The van der Waals surface area contributed by atoms with E-state index in [1.165, 1.54) is 0 Å². The van der Waals surface area contributed by atoms with Gasteiger partial charge < -0.3 is 45.3 Å². The van der Waals surface area contributed by atoms with Gasteiger partial charge in [0.2, 0.25) is 23.0 Å². The third-order valence-corrected chi connectivity index (χ3v) is 10.3. The lowest BCUT2D eigenvalue weighted by molar-refractivity contribution is 0.350. The zero-order valence-electron chi connectivity index (χ0n) is 29.8. The standard InChI is InChI=1S/C45H28N4O9/c50-34-30-31-33(37(53)41(57)39(55)35(31)51)49(32(30)36(52)40(56)38(34)54)28-16-8-15-27-26-18-17-25(20-29(26)58-42(27)28)45-47-43(22-11-5-2-6-12-22)46-44(48-45)24-14-7-13-23(19-24)21-9-3-1-4-10-21/h1-20,50-57H. The van der Waals surface area contributed by atoms with Crippen molar-refractivity contribution in [2.45, 2.75) is 0 Å². The van der Waals surface area contributed by atoms with Gasteiger partial charge >= 0.3 is 0 Å². The molecule has 3 aromatic heterocycles. The summed E-state index contributed by atoms with van der Waals surface area (Å²) in [7, 11) is 0. The predicted octanol–water partition coefficient (Wildman–Crippen LogP) is 9.18. The molecule has 58 heavy (non-hydrogen) atoms. The molecule has 0 saturated heterocycles. The van der Waals surface area contributed by atoms with Crippen LogP contribution in [-0.2, 0) is 0 Å². The van der Waals surface area contributed by atoms with Gasteiger partial charge in [-0.05, 0) is 35.4 Å². The smallest absolute Gasteiger partial charge is 0.206 e. The topological polar surface area (TPSA) is 219 Å². The normalized spacial score (nSPS) is 11.7. The van der Waals surface area contributed by atoms with Crippen molar-refractivity contribution >= 4 is 43.7 Å². The molecule has 0 radical (unpaired) electrons. The number of furan rings is 1. The quantitative estimate of drug-likeness (QED) is 0.0607. The minimum absolute atomic E-state index is 0.113. The van der Waals surface area contributed by atoms with Crippen molar-refractivity contribution in [1.29, 1.82) is 0 Å². The SMILES string of the molecule is Oc1c(O)c(O)c2c(c1O)c1c(O)c(O)c(O)c(O)c1n2-c1cccc2c1oc1cc(-c3nc(-c4ccccc4)nc(-c4cccc(-c5ccccc5)c4)n3)ccc12. The summed E-state index contributed by atoms with van der Waals surface area (Å²) in [4.78, 5) is 14.7. The zero-order valence-corrected chi connectivity index (χ0v) is 29.8. The summed E-state index contributed by atoms with van der Waals surface area (Å²) in [6.07, 6.45) is 0. The van der Waals surface area contributed by atoms with E-state index in [0.29, 0.717) is 39.4 Å². The highest BCUT2D eigenvalue weighted by Crippen LogP contribution is 2.59. The summed E-state index contributed by atoms with van der Waals surface area (Å²) in [5.74, 6) is -6.99. The number of rotatable bonds is 5. The Hall–Kier alpha value is -8.45. The Bertz CT molecular complexity index is 3250. The van der Waals surface area contributed by atoms with E-state index in [1.807, 2.05) is 97.1 Å². The highest BCUT2D eigenvalue weighted by Gasteiger charge is 2.33. The van der Waals surface area contributed by atoms with Crippen LogP contribution in [0.5, 0.6) is 46.0 Å². The van der Waals surface area contributed by atoms with Crippen molar-refractivity contribution in [2.24, 2.45) is 0 Å². The van der Waals surface area contributed by atoms with Gasteiger partial charge in [0.05, 0.1) is 16.5 Å². The fourth-order valence-corrected chi connectivity index (χ4v) is 7.55. The molecule has 282 valence electrons. The van der Waals surface area contributed by atoms with E-state index in [4.69, 9.17) is 19.4 Å². The van der Waals surface area contributed by atoms with Crippen molar-refractivity contribution in [3.63, 3.8) is 0 Å². The summed E-state index contributed by atoms with van der Waals surface area (Å²) in [6.45, 7) is 0. The molecule has 0 fully saturated rings. The van der Waals surface area contributed by atoms with Crippen LogP contribution in [0.2, 0.25) is 0 Å². The van der Waals surface area contributed by atoms with Crippen LogP contribution in [0.15, 0.2) is 126 Å². The number of nitrogens with zero attached hydrogens (tertiary/aromatic N) is 4. The minimum atomic E-state index is -1.12. The summed E-state index contributed by atoms with van der Waals surface area (Å²) in [5, 5.41) is 86.9. The number of aromatic hydroxyl groups is 8. The first-order valence-corrected chi connectivity index (χ1v) is 17.8. The Morgan fingerprint density at radius 1 is 0.379 bits per heavy atom. The highest BCUT2D eigenvalue weighted by atomic mass is 16.4. The van der Waals surface area contributed by atoms with Gasteiger partial charge in [0.1, 0.15) is 16.6 Å². The molecule has 8 N–H and O–H groups in total. The van der Waals surface area contributed by atoms with E-state index >= 15 is 0 Å². The molecule has 10 aromatic rings. The zero-order chi connectivity index (χ0) is 40.0. The van der Waals surface area contributed by atoms with Crippen LogP contribution in [0.1, 0.15) is 0 Å². The number of hydrogen-bond acceptors (Lipinski definition) is 12. The second-order valence-corrected chi connectivity index (χ2v) is 13.7. The van der Waals surface area contributed by atoms with Crippen LogP contribution >= 0.6 is 0 Å². The molecule has 0 amide bonds. The van der Waals surface area contributed by atoms with Crippen molar-refractivity contribution in [2.75, 3.05) is 0 Å². The molecular formula is C45H28N4O9. The van der Waals surface area contributed by atoms with Crippen LogP contribution in [0.3, 0.4) is 0 Å². The molecule has 3 heterocycles. The Morgan fingerprint density at radius 2 is 0.862 bits per heavy atom. The number of phenolic OH excluding ortho intramolecular Hbond substituents is 8. The third kappa shape index (κ3) is 4.93. The van der Waals surface area contributed by atoms with E-state index in [0.717, 1.165) is 26.8 Å². The predicted molar refractivity (Wildman–Crippen MR) is 217 cm³/mol. The average Bonchev–Trinajstić information content (AvgIpc) is 3.83. The molecular weight excluding hydrogens is 741 g/mol. The van der Waals surface area contributed by atoms with Crippen molar-refractivity contribution in [1.82, 2.24) is 19.5 Å². The molecule has 0 bridgehead atoms. The third-order valence-electron chi connectivity index (χ3n) is 10.3. The Balaban J connectivity index is 1.19. The molecule has 0 aliphatic heterocycles. The van der Waals surface area contributed by atoms with Crippen molar-refractivity contribution in [3.05, 3.63) is 121 Å². The van der Waals surface area contributed by atoms with Crippen LogP contribution in [0, 0.1) is 0 Å². The first-order chi connectivity index (χ1) is 28.1. The van der Waals surface area contributed by atoms with Gasteiger partial charge in [-0.2, -0.15) is 0 Å². The number of aromatic nitrogens is 4. The molecule has 0 saturated carbocycles. The van der Waals surface area contributed by atoms with Crippen LogP contribution in [0.4, 0.5) is 0 Å². The Labute approximate surface area is 326 Å². The molecule has 7 aromatic carbocycles. The molecule has 0 atom stereocenters. The van der Waals surface area contributed by atoms with Crippen LogP contribution in [-0.4, -0.2) is 60.4 Å².